The van der Waals surface area contributed by atoms with Gasteiger partial charge in [-0.15, -0.1) is 0 Å². The number of rotatable bonds is 5. The minimum absolute atomic E-state index is 0.447. The summed E-state index contributed by atoms with van der Waals surface area (Å²) < 4.78 is 4.80. The van der Waals surface area contributed by atoms with Crippen LogP contribution in [0.2, 0.25) is 5.02 Å². The van der Waals surface area contributed by atoms with Gasteiger partial charge in [0.15, 0.2) is 0 Å². The van der Waals surface area contributed by atoms with Crippen LogP contribution in [-0.2, 0) is 0 Å². The van der Waals surface area contributed by atoms with Crippen molar-refractivity contribution < 1.29 is 4.52 Å². The van der Waals surface area contributed by atoms with E-state index >= 15 is 0 Å². The second-order valence-corrected chi connectivity index (χ2v) is 7.00. The molecule has 2 aromatic carbocycles. The summed E-state index contributed by atoms with van der Waals surface area (Å²) in [5.41, 5.74) is 4.17. The molecule has 1 aromatic heterocycles. The van der Waals surface area contributed by atoms with Crippen molar-refractivity contribution in [2.75, 3.05) is 10.6 Å². The van der Waals surface area contributed by atoms with Crippen LogP contribution >= 0.6 is 11.6 Å². The van der Waals surface area contributed by atoms with Crippen LogP contribution in [0.25, 0.3) is 11.3 Å². The average Bonchev–Trinajstić information content (AvgIpc) is 3.12. The monoisotopic (exact) mass is 371 g/mol. The number of hydrogen-bond donors (Lipinski definition) is 2. The van der Waals surface area contributed by atoms with E-state index in [1.54, 1.807) is 6.26 Å². The van der Waals surface area contributed by atoms with E-state index < -0.39 is 0 Å². The maximum Gasteiger partial charge on any atom is 0.124 e. The molecule has 3 aromatic rings. The van der Waals surface area contributed by atoms with Gasteiger partial charge >= 0.3 is 0 Å². The molecule has 0 saturated heterocycles. The maximum absolute atomic E-state index is 5.72. The number of nitrogens with zero attached hydrogens (tertiary/aromatic N) is 1. The van der Waals surface area contributed by atoms with Crippen molar-refractivity contribution in [3.8, 4) is 11.3 Å². The second-order valence-electron chi connectivity index (χ2n) is 6.57. The lowest BCUT2D eigenvalue weighted by Crippen LogP contribution is -2.09. The highest BCUT2D eigenvalue weighted by molar-refractivity contribution is 6.30. The fourth-order valence-corrected chi connectivity index (χ4v) is 2.44. The number of anilines is 2. The van der Waals surface area contributed by atoms with Gasteiger partial charge in [0.05, 0.1) is 0 Å². The minimum Gasteiger partial charge on any atom is -0.383 e. The van der Waals surface area contributed by atoms with E-state index in [0.29, 0.717) is 12.1 Å². The Hall–Kier alpha value is -2.46. The minimum atomic E-state index is 0.447. The van der Waals surface area contributed by atoms with E-state index in [-0.39, 0.29) is 0 Å². The normalized spacial score (nSPS) is 10.4. The highest BCUT2D eigenvalue weighted by atomic mass is 35.5. The summed E-state index contributed by atoms with van der Waals surface area (Å²) in [7, 11) is 0. The van der Waals surface area contributed by atoms with Crippen molar-refractivity contribution in [1.29, 1.82) is 0 Å². The summed E-state index contributed by atoms with van der Waals surface area (Å²) in [6.45, 7) is 8.44. The molecule has 0 bridgehead atoms. The Labute approximate surface area is 160 Å². The van der Waals surface area contributed by atoms with Crippen molar-refractivity contribution in [2.45, 2.75) is 39.8 Å². The van der Waals surface area contributed by atoms with Gasteiger partial charge in [-0.25, -0.2) is 0 Å². The van der Waals surface area contributed by atoms with E-state index in [0.717, 1.165) is 27.7 Å². The molecule has 0 atom stereocenters. The molecule has 2 N–H and O–H groups in total. The molecule has 0 aliphatic rings. The third-order valence-corrected chi connectivity index (χ3v) is 3.63. The molecule has 0 unspecified atom stereocenters. The van der Waals surface area contributed by atoms with Gasteiger partial charge in [0.2, 0.25) is 0 Å². The Balaban J connectivity index is 0.000000197. The van der Waals surface area contributed by atoms with Crippen LogP contribution in [0.4, 0.5) is 11.4 Å². The molecule has 1 heterocycles. The summed E-state index contributed by atoms with van der Waals surface area (Å²) in [5, 5.41) is 11.3. The van der Waals surface area contributed by atoms with Crippen molar-refractivity contribution in [3.63, 3.8) is 0 Å². The van der Waals surface area contributed by atoms with Crippen LogP contribution < -0.4 is 10.6 Å². The topological polar surface area (TPSA) is 50.1 Å². The van der Waals surface area contributed by atoms with Gasteiger partial charge < -0.3 is 15.2 Å². The Morgan fingerprint density at radius 1 is 0.769 bits per heavy atom. The number of nitrogens with one attached hydrogen (secondary N) is 2. The zero-order valence-corrected chi connectivity index (χ0v) is 16.4. The molecule has 138 valence electrons. The molecule has 3 rings (SSSR count). The molecular formula is C21H26ClN3O. The van der Waals surface area contributed by atoms with Crippen molar-refractivity contribution in [3.05, 3.63) is 65.9 Å². The van der Waals surface area contributed by atoms with Gasteiger partial charge in [0, 0.05) is 40.1 Å². The second kappa shape index (κ2) is 9.88. The molecule has 0 aliphatic carbocycles. The lowest BCUT2D eigenvalue weighted by Gasteiger charge is -2.09. The summed E-state index contributed by atoms with van der Waals surface area (Å²) in [6, 6.07) is 18.6. The maximum atomic E-state index is 5.72. The van der Waals surface area contributed by atoms with Crippen LogP contribution in [0.3, 0.4) is 0 Å². The predicted octanol–water partition coefficient (Wildman–Crippen LogP) is 6.32. The highest BCUT2D eigenvalue weighted by Crippen LogP contribution is 2.19. The Morgan fingerprint density at radius 3 is 1.69 bits per heavy atom. The van der Waals surface area contributed by atoms with Crippen LogP contribution in [-0.4, -0.2) is 17.2 Å². The lowest BCUT2D eigenvalue weighted by atomic mass is 10.1. The average molecular weight is 372 g/mol. The molecule has 0 saturated carbocycles. The lowest BCUT2D eigenvalue weighted by molar-refractivity contribution is 0.422. The van der Waals surface area contributed by atoms with E-state index in [1.807, 2.05) is 54.6 Å². The van der Waals surface area contributed by atoms with Gasteiger partial charge in [-0.2, -0.15) is 0 Å². The quantitative estimate of drug-likeness (QED) is 0.550. The largest absolute Gasteiger partial charge is 0.383 e. The Kier molecular flexibility index (Phi) is 7.54. The molecule has 0 fully saturated rings. The van der Waals surface area contributed by atoms with E-state index in [4.69, 9.17) is 16.1 Å². The van der Waals surface area contributed by atoms with Gasteiger partial charge in [-0.05, 0) is 64.1 Å². The van der Waals surface area contributed by atoms with Crippen molar-refractivity contribution in [1.82, 2.24) is 5.16 Å². The third-order valence-electron chi connectivity index (χ3n) is 3.37. The molecule has 4 nitrogen and oxygen atoms in total. The zero-order chi connectivity index (χ0) is 18.9. The summed E-state index contributed by atoms with van der Waals surface area (Å²) >= 11 is 5.72. The SMILES string of the molecule is CC(C)Nc1ccc(-c2ccon2)cc1.CC(C)Nc1ccc(Cl)cc1. The molecule has 0 radical (unpaired) electrons. The van der Waals surface area contributed by atoms with E-state index in [9.17, 15) is 0 Å². The van der Waals surface area contributed by atoms with Crippen LogP contribution in [0, 0.1) is 0 Å². The summed E-state index contributed by atoms with van der Waals surface area (Å²) in [6.07, 6.45) is 1.58. The van der Waals surface area contributed by atoms with Crippen LogP contribution in [0.15, 0.2) is 65.4 Å². The van der Waals surface area contributed by atoms with E-state index in [1.165, 1.54) is 0 Å². The molecule has 5 heteroatoms. The first-order chi connectivity index (χ1) is 12.4. The number of benzene rings is 2. The first kappa shape index (κ1) is 19.9. The smallest absolute Gasteiger partial charge is 0.124 e. The molecule has 0 aliphatic heterocycles. The van der Waals surface area contributed by atoms with Gasteiger partial charge in [0.25, 0.3) is 0 Å². The highest BCUT2D eigenvalue weighted by Gasteiger charge is 2.01. The van der Waals surface area contributed by atoms with Crippen molar-refractivity contribution >= 4 is 23.0 Å². The molecule has 0 amide bonds. The molecule has 0 spiro atoms. The van der Waals surface area contributed by atoms with E-state index in [2.05, 4.69) is 43.5 Å². The number of halogens is 1. The third kappa shape index (κ3) is 6.81. The van der Waals surface area contributed by atoms with Gasteiger partial charge in [0.1, 0.15) is 12.0 Å². The predicted molar refractivity (Wildman–Crippen MR) is 111 cm³/mol. The zero-order valence-electron chi connectivity index (χ0n) is 15.7. The van der Waals surface area contributed by atoms with Crippen molar-refractivity contribution in [2.24, 2.45) is 0 Å². The molecule has 26 heavy (non-hydrogen) atoms. The Bertz CT molecular complexity index is 751. The standard InChI is InChI=1S/C12H14N2O.C9H12ClN/c1-9(2)13-11-5-3-10(4-6-11)12-7-8-15-14-12;1-7(2)11-9-5-3-8(10)4-6-9/h3-9,13H,1-2H3;3-7,11H,1-2H3. The summed E-state index contributed by atoms with van der Waals surface area (Å²) in [5.74, 6) is 0. The van der Waals surface area contributed by atoms with Gasteiger partial charge in [-0.3, -0.25) is 0 Å². The number of hydrogen-bond acceptors (Lipinski definition) is 4. The van der Waals surface area contributed by atoms with Crippen LogP contribution in [0.5, 0.6) is 0 Å². The first-order valence-electron chi connectivity index (χ1n) is 8.73. The number of aromatic nitrogens is 1. The van der Waals surface area contributed by atoms with Gasteiger partial charge in [-0.1, -0.05) is 28.9 Å². The fraction of sp³-hybridized carbons (Fsp3) is 0.286. The first-order valence-corrected chi connectivity index (χ1v) is 9.11. The van der Waals surface area contributed by atoms with Crippen LogP contribution in [0.1, 0.15) is 27.7 Å². The fourth-order valence-electron chi connectivity index (χ4n) is 2.31. The molecular weight excluding hydrogens is 346 g/mol. The summed E-state index contributed by atoms with van der Waals surface area (Å²) in [4.78, 5) is 0. The Morgan fingerprint density at radius 2 is 1.27 bits per heavy atom.